The van der Waals surface area contributed by atoms with Gasteiger partial charge in [-0.15, -0.1) is 0 Å². The minimum atomic E-state index is -0.524. The van der Waals surface area contributed by atoms with E-state index in [9.17, 15) is 38.4 Å². The maximum atomic E-state index is 13.3. The molecular weight excluding hydrogens is 973 g/mol. The number of carbonyl (C=O) groups excluding carboxylic acids is 8. The predicted octanol–water partition coefficient (Wildman–Crippen LogP) is 3.49. The van der Waals surface area contributed by atoms with Crippen LogP contribution in [-0.2, 0) is 52.3 Å². The molecule has 1 saturated heterocycles. The number of anilines is 2. The molecule has 2 aromatic carbocycles. The van der Waals surface area contributed by atoms with Gasteiger partial charge in [-0.25, -0.2) is 9.78 Å². The SMILES string of the molecule is C=C1C[C@H]2C=Nc3cc(OCCCC(=O)Nc4cn(C)c(C(=O)Nc5ccc(-c6cc(C(=O)OCCCNC(=O)CCOCCOCCNC(=O)CCN7C(=O)C=CC7=O)n(C)c6)cc5)n4)c(OC)cc3C(=O)N2C1. The Morgan fingerprint density at radius 2 is 1.48 bits per heavy atom. The fourth-order valence-electron chi connectivity index (χ4n) is 8.15. The zero-order chi connectivity index (χ0) is 53.4. The molecule has 0 spiro atoms. The van der Waals surface area contributed by atoms with E-state index in [0.717, 1.165) is 21.6 Å². The third kappa shape index (κ3) is 14.8. The highest BCUT2D eigenvalue weighted by atomic mass is 16.5. The summed E-state index contributed by atoms with van der Waals surface area (Å²) in [7, 11) is 4.86. The number of ether oxygens (including phenoxy) is 5. The second kappa shape index (κ2) is 26.0. The molecule has 4 N–H and O–H groups in total. The molecule has 0 bridgehead atoms. The van der Waals surface area contributed by atoms with Gasteiger partial charge in [0, 0.05) is 108 Å². The number of nitrogens with zero attached hydrogens (tertiary/aromatic N) is 6. The van der Waals surface area contributed by atoms with Crippen molar-refractivity contribution in [3.8, 4) is 22.6 Å². The molecule has 4 aromatic rings. The van der Waals surface area contributed by atoms with E-state index in [-0.39, 0.29) is 113 Å². The lowest BCUT2D eigenvalue weighted by Gasteiger charge is -2.20. The highest BCUT2D eigenvalue weighted by Crippen LogP contribution is 2.38. The first-order valence-electron chi connectivity index (χ1n) is 24.3. The van der Waals surface area contributed by atoms with Crippen molar-refractivity contribution in [1.29, 1.82) is 0 Å². The van der Waals surface area contributed by atoms with E-state index in [0.29, 0.717) is 66.5 Å². The Morgan fingerprint density at radius 3 is 2.24 bits per heavy atom. The minimum absolute atomic E-state index is 0.00129. The van der Waals surface area contributed by atoms with Crippen molar-refractivity contribution < 1.29 is 62.0 Å². The van der Waals surface area contributed by atoms with E-state index in [1.165, 1.54) is 30.0 Å². The smallest absolute Gasteiger partial charge is 0.354 e. The number of imidazole rings is 1. The molecule has 7 rings (SSSR count). The molecule has 3 aliphatic rings. The van der Waals surface area contributed by atoms with E-state index >= 15 is 0 Å². The average Bonchev–Trinajstić information content (AvgIpc) is 4.15. The summed E-state index contributed by atoms with van der Waals surface area (Å²) in [6.07, 6.45) is 9.08. The van der Waals surface area contributed by atoms with Crippen molar-refractivity contribution in [2.45, 2.75) is 44.6 Å². The van der Waals surface area contributed by atoms with Gasteiger partial charge in [0.15, 0.2) is 17.3 Å². The third-order valence-corrected chi connectivity index (χ3v) is 12.0. The molecule has 75 heavy (non-hydrogen) atoms. The largest absolute Gasteiger partial charge is 0.493 e. The molecule has 396 valence electrons. The van der Waals surface area contributed by atoms with Gasteiger partial charge in [0.25, 0.3) is 23.6 Å². The number of fused-ring (bicyclic) bond motifs is 2. The average molecular weight is 1030 g/mol. The van der Waals surface area contributed by atoms with Crippen LogP contribution in [0.4, 0.5) is 17.2 Å². The molecular formula is C52H60N10O13. The summed E-state index contributed by atoms with van der Waals surface area (Å²) in [5, 5.41) is 11.0. The monoisotopic (exact) mass is 1030 g/mol. The Bertz CT molecular complexity index is 2850. The molecule has 23 nitrogen and oxygen atoms in total. The Balaban J connectivity index is 0.743. The molecule has 1 atom stereocenters. The Hall–Kier alpha value is -8.44. The van der Waals surface area contributed by atoms with Gasteiger partial charge in [-0.1, -0.05) is 24.3 Å². The van der Waals surface area contributed by atoms with Crippen molar-refractivity contribution in [3.63, 3.8) is 0 Å². The number of hydrogen-bond donors (Lipinski definition) is 4. The summed E-state index contributed by atoms with van der Waals surface area (Å²) >= 11 is 0. The molecule has 7 amide bonds. The van der Waals surface area contributed by atoms with Crippen molar-refractivity contribution in [1.82, 2.24) is 34.6 Å². The van der Waals surface area contributed by atoms with Gasteiger partial charge in [-0.05, 0) is 49.1 Å². The fourth-order valence-corrected chi connectivity index (χ4v) is 8.15. The number of aryl methyl sites for hydroxylation is 2. The fraction of sp³-hybridized carbons (Fsp3) is 0.385. The number of amides is 7. The topological polar surface area (TPSA) is 272 Å². The minimum Gasteiger partial charge on any atom is -0.493 e. The predicted molar refractivity (Wildman–Crippen MR) is 273 cm³/mol. The van der Waals surface area contributed by atoms with Gasteiger partial charge in [0.1, 0.15) is 5.69 Å². The van der Waals surface area contributed by atoms with Gasteiger partial charge in [0.05, 0.1) is 64.0 Å². The summed E-state index contributed by atoms with van der Waals surface area (Å²) in [5.74, 6) is -1.83. The molecule has 2 aromatic heterocycles. The standard InChI is InChI=1S/C52H60N10O13/c1-33-25-37-29-55-39-28-42(41(71-4)27-38(39)51(69)62(37)30-33)74-19-5-7-46(65)57-43-32-60(3)49(58-43)50(68)56-36-10-8-34(9-11-36)35-26-40(59(2)31-35)52(70)75-20-6-16-53-45(64)15-21-72-23-24-73-22-17-54-44(63)14-18-61-47(66)12-13-48(61)67/h8-13,26-29,31-32,37H,1,5-7,14-25,30H2,2-4H3,(H,53,64)(H,54,63)(H,56,68)(H,57,65)/t37-/m0/s1. The number of benzene rings is 2. The molecule has 0 saturated carbocycles. The van der Waals surface area contributed by atoms with Crippen LogP contribution in [0.25, 0.3) is 11.1 Å². The number of rotatable bonds is 27. The van der Waals surface area contributed by atoms with Crippen LogP contribution in [0.15, 0.2) is 84.2 Å². The molecule has 23 heteroatoms. The Morgan fingerprint density at radius 1 is 0.747 bits per heavy atom. The van der Waals surface area contributed by atoms with Gasteiger partial charge < -0.3 is 59.0 Å². The molecule has 0 aliphatic carbocycles. The number of carbonyl (C=O) groups is 8. The van der Waals surface area contributed by atoms with Gasteiger partial charge >= 0.3 is 5.97 Å². The molecule has 0 radical (unpaired) electrons. The number of methoxy groups -OCH3 is 1. The zero-order valence-corrected chi connectivity index (χ0v) is 42.0. The summed E-state index contributed by atoms with van der Waals surface area (Å²) in [6.45, 7) is 6.27. The normalized spacial score (nSPS) is 14.6. The van der Waals surface area contributed by atoms with Crippen molar-refractivity contribution >= 4 is 70.7 Å². The number of aliphatic imine (C=N–C) groups is 1. The number of esters is 1. The van der Waals surface area contributed by atoms with Gasteiger partial charge in [-0.2, -0.15) is 0 Å². The van der Waals surface area contributed by atoms with Crippen LogP contribution < -0.4 is 30.7 Å². The molecule has 0 unspecified atom stereocenters. The Labute approximate surface area is 432 Å². The second-order valence-electron chi connectivity index (χ2n) is 17.6. The summed E-state index contributed by atoms with van der Waals surface area (Å²) < 4.78 is 30.9. The first kappa shape index (κ1) is 54.3. The van der Waals surface area contributed by atoms with Crippen LogP contribution in [0.2, 0.25) is 0 Å². The maximum Gasteiger partial charge on any atom is 0.354 e. The zero-order valence-electron chi connectivity index (χ0n) is 42.0. The van der Waals surface area contributed by atoms with Crippen LogP contribution in [0.1, 0.15) is 70.0 Å². The summed E-state index contributed by atoms with van der Waals surface area (Å²) in [6, 6.07) is 11.9. The van der Waals surface area contributed by atoms with Crippen LogP contribution in [-0.4, -0.2) is 156 Å². The van der Waals surface area contributed by atoms with Crippen LogP contribution in [0.3, 0.4) is 0 Å². The summed E-state index contributed by atoms with van der Waals surface area (Å²) in [4.78, 5) is 111. The second-order valence-corrected chi connectivity index (χ2v) is 17.6. The number of aromatic nitrogens is 3. The van der Waals surface area contributed by atoms with E-state index < -0.39 is 23.7 Å². The van der Waals surface area contributed by atoms with Crippen LogP contribution >= 0.6 is 0 Å². The van der Waals surface area contributed by atoms with E-state index in [4.69, 9.17) is 23.7 Å². The van der Waals surface area contributed by atoms with Crippen molar-refractivity contribution in [2.24, 2.45) is 19.1 Å². The molecule has 1 fully saturated rings. The lowest BCUT2D eigenvalue weighted by Crippen LogP contribution is -2.35. The van der Waals surface area contributed by atoms with E-state index in [1.807, 2.05) is 0 Å². The van der Waals surface area contributed by atoms with Crippen molar-refractivity contribution in [3.05, 3.63) is 96.2 Å². The molecule has 5 heterocycles. The number of imide groups is 1. The first-order chi connectivity index (χ1) is 36.2. The quantitative estimate of drug-likeness (QED) is 0.0288. The van der Waals surface area contributed by atoms with Crippen LogP contribution in [0, 0.1) is 0 Å². The summed E-state index contributed by atoms with van der Waals surface area (Å²) in [5.41, 5.74) is 4.23. The highest BCUT2D eigenvalue weighted by molar-refractivity contribution is 6.13. The van der Waals surface area contributed by atoms with Gasteiger partial charge in [0.2, 0.25) is 23.5 Å². The Kier molecular flexibility index (Phi) is 18.8. The lowest BCUT2D eigenvalue weighted by molar-refractivity contribution is -0.137. The number of nitrogens with one attached hydrogen (secondary N) is 4. The molecule has 3 aliphatic heterocycles. The number of hydrogen-bond acceptors (Lipinski definition) is 15. The first-order valence-corrected chi connectivity index (χ1v) is 24.3. The van der Waals surface area contributed by atoms with E-state index in [2.05, 4.69) is 37.8 Å². The highest BCUT2D eigenvalue weighted by Gasteiger charge is 2.34. The van der Waals surface area contributed by atoms with Crippen molar-refractivity contribution in [2.75, 3.05) is 83.6 Å². The van der Waals surface area contributed by atoms with Crippen LogP contribution in [0.5, 0.6) is 11.5 Å². The lowest BCUT2D eigenvalue weighted by atomic mass is 10.1. The maximum absolute atomic E-state index is 13.3. The van der Waals surface area contributed by atoms with Gasteiger partial charge in [-0.3, -0.25) is 43.5 Å². The third-order valence-electron chi connectivity index (χ3n) is 12.0. The van der Waals surface area contributed by atoms with E-state index in [1.54, 1.807) is 78.4 Å².